The molecule has 1 atom stereocenters. The SMILES string of the molecule is O=S(=O)(c1ccc(NCC2(O)CCCc3ccccc32)nc1)N1CCCCC1. The molecule has 1 aromatic carbocycles. The van der Waals surface area contributed by atoms with Gasteiger partial charge in [0, 0.05) is 25.8 Å². The average Bonchev–Trinajstić information content (AvgIpc) is 2.74. The summed E-state index contributed by atoms with van der Waals surface area (Å²) in [6.45, 7) is 1.50. The van der Waals surface area contributed by atoms with E-state index in [0.717, 1.165) is 37.7 Å². The third-order valence-corrected chi connectivity index (χ3v) is 7.69. The molecule has 4 rings (SSSR count). The Bertz CT molecular complexity index is 924. The van der Waals surface area contributed by atoms with Gasteiger partial charge in [-0.15, -0.1) is 0 Å². The van der Waals surface area contributed by atoms with Crippen molar-refractivity contribution in [2.24, 2.45) is 0 Å². The maximum atomic E-state index is 12.7. The van der Waals surface area contributed by atoms with Gasteiger partial charge in [0.05, 0.1) is 0 Å². The molecule has 1 unspecified atom stereocenters. The van der Waals surface area contributed by atoms with Crippen LogP contribution in [0.3, 0.4) is 0 Å². The first-order valence-electron chi connectivity index (χ1n) is 10.00. The summed E-state index contributed by atoms with van der Waals surface area (Å²) < 4.78 is 27.0. The molecule has 2 aliphatic rings. The van der Waals surface area contributed by atoms with Gasteiger partial charge in [0.25, 0.3) is 0 Å². The molecule has 0 spiro atoms. The van der Waals surface area contributed by atoms with Crippen LogP contribution in [-0.4, -0.2) is 42.4 Å². The van der Waals surface area contributed by atoms with E-state index in [2.05, 4.69) is 16.4 Å². The van der Waals surface area contributed by atoms with Crippen LogP contribution in [0, 0.1) is 0 Å². The van der Waals surface area contributed by atoms with E-state index in [0.29, 0.717) is 31.9 Å². The summed E-state index contributed by atoms with van der Waals surface area (Å²) in [6.07, 6.45) is 6.93. The van der Waals surface area contributed by atoms with Crippen LogP contribution in [0.1, 0.15) is 43.2 Å². The average molecular weight is 402 g/mol. The Morgan fingerprint density at radius 2 is 1.86 bits per heavy atom. The fourth-order valence-electron chi connectivity index (χ4n) is 4.21. The molecule has 2 aromatic rings. The summed E-state index contributed by atoms with van der Waals surface area (Å²) in [6, 6.07) is 11.3. The molecule has 1 fully saturated rings. The molecular formula is C21H27N3O3S. The minimum absolute atomic E-state index is 0.224. The van der Waals surface area contributed by atoms with E-state index in [-0.39, 0.29) is 4.90 Å². The van der Waals surface area contributed by atoms with E-state index >= 15 is 0 Å². The number of fused-ring (bicyclic) bond motifs is 1. The van der Waals surface area contributed by atoms with Crippen LogP contribution in [-0.2, 0) is 22.0 Å². The topological polar surface area (TPSA) is 82.5 Å². The fourth-order valence-corrected chi connectivity index (χ4v) is 5.67. The second-order valence-electron chi connectivity index (χ2n) is 7.74. The lowest BCUT2D eigenvalue weighted by Crippen LogP contribution is -2.37. The van der Waals surface area contributed by atoms with Crippen LogP contribution in [0.5, 0.6) is 0 Å². The number of aryl methyl sites for hydroxylation is 1. The largest absolute Gasteiger partial charge is 0.383 e. The van der Waals surface area contributed by atoms with Gasteiger partial charge in [-0.05, 0) is 55.4 Å². The summed E-state index contributed by atoms with van der Waals surface area (Å²) in [5.41, 5.74) is 1.22. The summed E-state index contributed by atoms with van der Waals surface area (Å²) in [5, 5.41) is 14.3. The lowest BCUT2D eigenvalue weighted by molar-refractivity contribution is 0.0322. The Morgan fingerprint density at radius 3 is 2.61 bits per heavy atom. The molecule has 150 valence electrons. The summed E-state index contributed by atoms with van der Waals surface area (Å²) in [7, 11) is -3.47. The first kappa shape index (κ1) is 19.4. The van der Waals surface area contributed by atoms with Gasteiger partial charge in [0.15, 0.2) is 0 Å². The molecule has 28 heavy (non-hydrogen) atoms. The fraction of sp³-hybridized carbons (Fsp3) is 0.476. The smallest absolute Gasteiger partial charge is 0.244 e. The van der Waals surface area contributed by atoms with Crippen LogP contribution in [0.25, 0.3) is 0 Å². The van der Waals surface area contributed by atoms with Gasteiger partial charge >= 0.3 is 0 Å². The number of anilines is 1. The monoisotopic (exact) mass is 401 g/mol. The van der Waals surface area contributed by atoms with Gasteiger partial charge in [-0.2, -0.15) is 4.31 Å². The first-order chi connectivity index (χ1) is 13.5. The molecule has 2 heterocycles. The third-order valence-electron chi connectivity index (χ3n) is 5.81. The maximum absolute atomic E-state index is 12.7. The van der Waals surface area contributed by atoms with Crippen molar-refractivity contribution < 1.29 is 13.5 Å². The van der Waals surface area contributed by atoms with E-state index in [4.69, 9.17) is 0 Å². The molecule has 6 nitrogen and oxygen atoms in total. The van der Waals surface area contributed by atoms with Crippen molar-refractivity contribution in [2.75, 3.05) is 25.0 Å². The maximum Gasteiger partial charge on any atom is 0.244 e. The molecule has 0 amide bonds. The van der Waals surface area contributed by atoms with E-state index in [1.165, 1.54) is 11.8 Å². The Balaban J connectivity index is 1.46. The van der Waals surface area contributed by atoms with E-state index in [9.17, 15) is 13.5 Å². The van der Waals surface area contributed by atoms with Crippen LogP contribution < -0.4 is 5.32 Å². The van der Waals surface area contributed by atoms with Crippen LogP contribution >= 0.6 is 0 Å². The third kappa shape index (κ3) is 3.79. The standard InChI is InChI=1S/C21H27N3O3S/c25-21(12-6-8-17-7-2-3-9-19(17)21)16-23-20-11-10-18(15-22-20)28(26,27)24-13-4-1-5-14-24/h2-3,7,9-11,15,25H,1,4-6,8,12-14,16H2,(H,22,23). The number of aliphatic hydroxyl groups is 1. The Morgan fingerprint density at radius 1 is 1.07 bits per heavy atom. The molecule has 2 N–H and O–H groups in total. The minimum Gasteiger partial charge on any atom is -0.383 e. The lowest BCUT2D eigenvalue weighted by Gasteiger charge is -2.34. The Labute approximate surface area is 166 Å². The molecule has 0 radical (unpaired) electrons. The van der Waals surface area contributed by atoms with Crippen LogP contribution in [0.2, 0.25) is 0 Å². The van der Waals surface area contributed by atoms with Crippen molar-refractivity contribution in [3.63, 3.8) is 0 Å². The van der Waals surface area contributed by atoms with Crippen molar-refractivity contribution in [3.8, 4) is 0 Å². The zero-order valence-electron chi connectivity index (χ0n) is 16.0. The molecule has 0 bridgehead atoms. The summed E-state index contributed by atoms with van der Waals surface area (Å²) in [4.78, 5) is 4.51. The molecule has 0 saturated carbocycles. The van der Waals surface area contributed by atoms with Gasteiger partial charge in [0.1, 0.15) is 16.3 Å². The Kier molecular flexibility index (Phi) is 5.40. The summed E-state index contributed by atoms with van der Waals surface area (Å²) in [5.74, 6) is 0.564. The zero-order chi connectivity index (χ0) is 19.6. The molecule has 1 aromatic heterocycles. The zero-order valence-corrected chi connectivity index (χ0v) is 16.8. The van der Waals surface area contributed by atoms with Crippen molar-refractivity contribution >= 4 is 15.8 Å². The molecule has 1 aliphatic carbocycles. The highest BCUT2D eigenvalue weighted by atomic mass is 32.2. The quantitative estimate of drug-likeness (QED) is 0.805. The predicted octanol–water partition coefficient (Wildman–Crippen LogP) is 2.89. The van der Waals surface area contributed by atoms with Gasteiger partial charge in [-0.1, -0.05) is 30.7 Å². The number of pyridine rings is 1. The highest BCUT2D eigenvalue weighted by molar-refractivity contribution is 7.89. The van der Waals surface area contributed by atoms with Gasteiger partial charge in [0.2, 0.25) is 10.0 Å². The first-order valence-corrected chi connectivity index (χ1v) is 11.4. The highest BCUT2D eigenvalue weighted by Gasteiger charge is 2.34. The predicted molar refractivity (Wildman–Crippen MR) is 109 cm³/mol. The van der Waals surface area contributed by atoms with Crippen LogP contribution in [0.4, 0.5) is 5.82 Å². The highest BCUT2D eigenvalue weighted by Crippen LogP contribution is 2.35. The van der Waals surface area contributed by atoms with Crippen molar-refractivity contribution in [3.05, 3.63) is 53.7 Å². The normalized spacial score (nSPS) is 23.2. The number of nitrogens with one attached hydrogen (secondary N) is 1. The number of benzene rings is 1. The van der Waals surface area contributed by atoms with E-state index in [1.54, 1.807) is 16.4 Å². The number of nitrogens with zero attached hydrogens (tertiary/aromatic N) is 2. The van der Waals surface area contributed by atoms with Crippen molar-refractivity contribution in [1.82, 2.24) is 9.29 Å². The van der Waals surface area contributed by atoms with E-state index in [1.807, 2.05) is 18.2 Å². The number of aromatic nitrogens is 1. The number of rotatable bonds is 5. The summed E-state index contributed by atoms with van der Waals surface area (Å²) >= 11 is 0. The van der Waals surface area contributed by atoms with Crippen LogP contribution in [0.15, 0.2) is 47.5 Å². The number of sulfonamides is 1. The molecule has 1 aliphatic heterocycles. The van der Waals surface area contributed by atoms with Crippen molar-refractivity contribution in [1.29, 1.82) is 0 Å². The Hall–Kier alpha value is -1.96. The lowest BCUT2D eigenvalue weighted by atomic mass is 9.79. The molecular weight excluding hydrogens is 374 g/mol. The number of hydrogen-bond acceptors (Lipinski definition) is 5. The minimum atomic E-state index is -3.47. The molecule has 1 saturated heterocycles. The molecule has 7 heteroatoms. The number of piperidine rings is 1. The van der Waals surface area contributed by atoms with Gasteiger partial charge < -0.3 is 10.4 Å². The van der Waals surface area contributed by atoms with Crippen molar-refractivity contribution in [2.45, 2.75) is 49.0 Å². The van der Waals surface area contributed by atoms with E-state index < -0.39 is 15.6 Å². The van der Waals surface area contributed by atoms with Gasteiger partial charge in [-0.25, -0.2) is 13.4 Å². The second kappa shape index (κ2) is 7.81. The number of hydrogen-bond donors (Lipinski definition) is 2. The second-order valence-corrected chi connectivity index (χ2v) is 9.68. The van der Waals surface area contributed by atoms with Gasteiger partial charge in [-0.3, -0.25) is 0 Å².